The molecule has 1 aromatic carbocycles. The van der Waals surface area contributed by atoms with E-state index in [-0.39, 0.29) is 19.0 Å². The van der Waals surface area contributed by atoms with Crippen molar-refractivity contribution in [3.8, 4) is 5.75 Å². The van der Waals surface area contributed by atoms with Gasteiger partial charge in [0.15, 0.2) is 0 Å². The second-order valence-electron chi connectivity index (χ2n) is 6.74. The van der Waals surface area contributed by atoms with E-state index in [4.69, 9.17) is 4.74 Å². The molecule has 0 aliphatic carbocycles. The van der Waals surface area contributed by atoms with Gasteiger partial charge in [0.25, 0.3) is 0 Å². The number of nitrogens with zero attached hydrogens (tertiary/aromatic N) is 5. The van der Waals surface area contributed by atoms with Crippen molar-refractivity contribution in [2.45, 2.75) is 32.0 Å². The fourth-order valence-electron chi connectivity index (χ4n) is 2.90. The molecule has 0 aliphatic heterocycles. The average Bonchev–Trinajstić information content (AvgIpc) is 3.07. The summed E-state index contributed by atoms with van der Waals surface area (Å²) in [6.07, 6.45) is -3.51. The average molecular weight is 414 g/mol. The molecule has 0 aliphatic rings. The summed E-state index contributed by atoms with van der Waals surface area (Å²) < 4.78 is 43.7. The predicted molar refractivity (Wildman–Crippen MR) is 99.5 cm³/mol. The number of benzene rings is 1. The molecule has 29 heavy (non-hydrogen) atoms. The summed E-state index contributed by atoms with van der Waals surface area (Å²) in [6, 6.07) is 6.63. The minimum Gasteiger partial charge on any atom is -0.497 e. The van der Waals surface area contributed by atoms with Crippen LogP contribution in [0.25, 0.3) is 0 Å². The predicted octanol–water partition coefficient (Wildman–Crippen LogP) is 1.77. The highest BCUT2D eigenvalue weighted by Crippen LogP contribution is 2.19. The van der Waals surface area contributed by atoms with Gasteiger partial charge in [-0.3, -0.25) is 9.69 Å². The van der Waals surface area contributed by atoms with Crippen molar-refractivity contribution in [2.75, 3.05) is 33.8 Å². The van der Waals surface area contributed by atoms with Crippen LogP contribution in [0.1, 0.15) is 23.9 Å². The molecule has 0 fully saturated rings. The molecular weight excluding hydrogens is 389 g/mol. The third kappa shape index (κ3) is 7.33. The molecule has 1 heterocycles. The van der Waals surface area contributed by atoms with Crippen molar-refractivity contribution in [1.29, 1.82) is 0 Å². The molecule has 0 spiro atoms. The minimum absolute atomic E-state index is 0.213. The van der Waals surface area contributed by atoms with E-state index in [0.29, 0.717) is 24.4 Å². The van der Waals surface area contributed by atoms with Crippen molar-refractivity contribution in [3.05, 3.63) is 35.7 Å². The van der Waals surface area contributed by atoms with Crippen LogP contribution in [-0.4, -0.2) is 71.0 Å². The van der Waals surface area contributed by atoms with Crippen LogP contribution in [0, 0.1) is 6.92 Å². The zero-order valence-electron chi connectivity index (χ0n) is 16.6. The molecule has 11 heteroatoms. The molecule has 8 nitrogen and oxygen atoms in total. The molecule has 0 bridgehead atoms. The Hall–Kier alpha value is -2.69. The van der Waals surface area contributed by atoms with Crippen molar-refractivity contribution >= 4 is 5.91 Å². The summed E-state index contributed by atoms with van der Waals surface area (Å²) in [6.45, 7) is 1.17. The zero-order chi connectivity index (χ0) is 21.4. The molecule has 0 unspecified atom stereocenters. The van der Waals surface area contributed by atoms with Gasteiger partial charge in [-0.15, -0.1) is 5.10 Å². The van der Waals surface area contributed by atoms with Crippen LogP contribution >= 0.6 is 0 Å². The monoisotopic (exact) mass is 414 g/mol. The van der Waals surface area contributed by atoms with Crippen LogP contribution in [-0.2, 0) is 11.2 Å². The fourth-order valence-corrected chi connectivity index (χ4v) is 2.90. The zero-order valence-corrected chi connectivity index (χ0v) is 16.6. The number of carbonyl (C=O) groups is 1. The van der Waals surface area contributed by atoms with E-state index in [1.54, 1.807) is 20.1 Å². The van der Waals surface area contributed by atoms with Crippen molar-refractivity contribution in [1.82, 2.24) is 30.4 Å². The van der Waals surface area contributed by atoms with E-state index in [2.05, 4.69) is 20.8 Å². The maximum absolute atomic E-state index is 12.8. The summed E-state index contributed by atoms with van der Waals surface area (Å²) in [5, 5.41) is 14.1. The molecule has 2 aromatic rings. The number of rotatable bonds is 10. The van der Waals surface area contributed by atoms with Crippen molar-refractivity contribution in [3.63, 3.8) is 0 Å². The Kier molecular flexibility index (Phi) is 7.94. The lowest BCUT2D eigenvalue weighted by molar-refractivity contribution is -0.143. The number of amides is 1. The lowest BCUT2D eigenvalue weighted by Crippen LogP contribution is -2.37. The molecular formula is C18H25F3N6O2. The maximum atomic E-state index is 12.8. The molecule has 0 saturated heterocycles. The van der Waals surface area contributed by atoms with E-state index < -0.39 is 18.8 Å². The van der Waals surface area contributed by atoms with E-state index >= 15 is 0 Å². The Morgan fingerprint density at radius 2 is 2.14 bits per heavy atom. The van der Waals surface area contributed by atoms with Gasteiger partial charge in [-0.2, -0.15) is 13.2 Å². The number of hydrogen-bond acceptors (Lipinski definition) is 6. The first-order chi connectivity index (χ1) is 13.7. The summed E-state index contributed by atoms with van der Waals surface area (Å²) in [7, 11) is 2.95. The Balaban J connectivity index is 1.98. The minimum atomic E-state index is -4.24. The van der Waals surface area contributed by atoms with Gasteiger partial charge in [0.2, 0.25) is 5.91 Å². The third-order valence-corrected chi connectivity index (χ3v) is 4.28. The molecule has 1 N–H and O–H groups in total. The first-order valence-electron chi connectivity index (χ1n) is 9.10. The van der Waals surface area contributed by atoms with E-state index in [1.165, 1.54) is 16.6 Å². The number of carbonyl (C=O) groups excluding carboxylic acids is 1. The highest BCUT2D eigenvalue weighted by Gasteiger charge is 2.29. The number of nitrogens with one attached hydrogen (secondary N) is 1. The van der Waals surface area contributed by atoms with Gasteiger partial charge in [0.1, 0.15) is 17.6 Å². The summed E-state index contributed by atoms with van der Waals surface area (Å²) in [4.78, 5) is 13.9. The van der Waals surface area contributed by atoms with Gasteiger partial charge < -0.3 is 10.1 Å². The molecule has 1 atom stereocenters. The molecule has 160 valence electrons. The molecule has 0 saturated carbocycles. The van der Waals surface area contributed by atoms with Crippen LogP contribution in [0.2, 0.25) is 0 Å². The molecule has 1 amide bonds. The van der Waals surface area contributed by atoms with Gasteiger partial charge in [0.05, 0.1) is 13.7 Å². The first kappa shape index (κ1) is 22.6. The number of hydrogen-bond donors (Lipinski definition) is 1. The highest BCUT2D eigenvalue weighted by atomic mass is 19.4. The van der Waals surface area contributed by atoms with Gasteiger partial charge in [0, 0.05) is 13.0 Å². The number of aryl methyl sites for hydroxylation is 1. The summed E-state index contributed by atoms with van der Waals surface area (Å²) >= 11 is 0. The summed E-state index contributed by atoms with van der Waals surface area (Å²) in [5.74, 6) is 0.849. The quantitative estimate of drug-likeness (QED) is 0.597. The normalized spacial score (nSPS) is 12.8. The Morgan fingerprint density at radius 3 is 2.76 bits per heavy atom. The lowest BCUT2D eigenvalue weighted by atomic mass is 10.0. The second-order valence-corrected chi connectivity index (χ2v) is 6.74. The van der Waals surface area contributed by atoms with Gasteiger partial charge in [-0.1, -0.05) is 12.1 Å². The third-order valence-electron chi connectivity index (χ3n) is 4.28. The summed E-state index contributed by atoms with van der Waals surface area (Å²) in [5.41, 5.74) is 0.865. The largest absolute Gasteiger partial charge is 0.497 e. The topological polar surface area (TPSA) is 85.2 Å². The molecule has 1 aromatic heterocycles. The molecule has 0 radical (unpaired) electrons. The van der Waals surface area contributed by atoms with Crippen LogP contribution < -0.4 is 10.1 Å². The number of alkyl halides is 3. The van der Waals surface area contributed by atoms with Crippen LogP contribution in [0.4, 0.5) is 13.2 Å². The lowest BCUT2D eigenvalue weighted by Gasteiger charge is -2.20. The van der Waals surface area contributed by atoms with Crippen LogP contribution in [0.5, 0.6) is 5.75 Å². The highest BCUT2D eigenvalue weighted by molar-refractivity contribution is 5.80. The number of ether oxygens (including phenoxy) is 1. The Bertz CT molecular complexity index is 796. The molecule has 2 rings (SSSR count). The number of tetrazole rings is 1. The van der Waals surface area contributed by atoms with Crippen LogP contribution in [0.15, 0.2) is 24.3 Å². The van der Waals surface area contributed by atoms with E-state index in [1.807, 2.05) is 18.2 Å². The first-order valence-corrected chi connectivity index (χ1v) is 9.10. The number of halogens is 3. The van der Waals surface area contributed by atoms with Gasteiger partial charge >= 0.3 is 6.18 Å². The Morgan fingerprint density at radius 1 is 1.38 bits per heavy atom. The maximum Gasteiger partial charge on any atom is 0.401 e. The standard InChI is InChI=1S/C18H25F3N6O2/c1-13-23-24-25-27(13)16(11-14-6-4-7-15(10-14)29-3)17(28)22-8-5-9-26(2)12-18(19,20)21/h4,6-7,10,16H,5,8-9,11-12H2,1-3H3,(H,22,28)/t16-/m0/s1. The van der Waals surface area contributed by atoms with Gasteiger partial charge in [-0.25, -0.2) is 4.68 Å². The fraction of sp³-hybridized carbons (Fsp3) is 0.556. The van der Waals surface area contributed by atoms with E-state index in [0.717, 1.165) is 5.56 Å². The van der Waals surface area contributed by atoms with Gasteiger partial charge in [-0.05, 0) is 55.1 Å². The number of aromatic nitrogens is 4. The Labute approximate surface area is 167 Å². The van der Waals surface area contributed by atoms with E-state index in [9.17, 15) is 18.0 Å². The van der Waals surface area contributed by atoms with Crippen molar-refractivity contribution in [2.24, 2.45) is 0 Å². The SMILES string of the molecule is COc1cccc(C[C@@H](C(=O)NCCCN(C)CC(F)(F)F)n2nnnc2C)c1. The number of methoxy groups -OCH3 is 1. The smallest absolute Gasteiger partial charge is 0.401 e. The second kappa shape index (κ2) is 10.2. The van der Waals surface area contributed by atoms with Crippen LogP contribution in [0.3, 0.4) is 0 Å². The van der Waals surface area contributed by atoms with Crippen molar-refractivity contribution < 1.29 is 22.7 Å².